The van der Waals surface area contributed by atoms with Crippen LogP contribution in [0.3, 0.4) is 0 Å². The van der Waals surface area contributed by atoms with Gasteiger partial charge in [-0.3, -0.25) is 9.59 Å². The van der Waals surface area contributed by atoms with Gasteiger partial charge in [-0.05, 0) is 63.1 Å². The Balaban J connectivity index is 1.89. The van der Waals surface area contributed by atoms with Crippen LogP contribution < -0.4 is 10.2 Å². The van der Waals surface area contributed by atoms with Gasteiger partial charge in [0.05, 0.1) is 5.56 Å². The molecule has 1 aromatic rings. The lowest BCUT2D eigenvalue weighted by atomic mass is 9.97. The Morgan fingerprint density at radius 1 is 1.11 bits per heavy atom. The summed E-state index contributed by atoms with van der Waals surface area (Å²) in [5, 5.41) is 2.20. The summed E-state index contributed by atoms with van der Waals surface area (Å²) in [5.41, 5.74) is 2.29. The number of hydrogen-bond donors (Lipinski definition) is 1. The fraction of sp³-hybridized carbons (Fsp3) is 0.619. The molecule has 0 radical (unpaired) electrons. The number of benzene rings is 1. The second kappa shape index (κ2) is 8.96. The third kappa shape index (κ3) is 4.95. The second-order valence-electron chi connectivity index (χ2n) is 7.86. The number of carbonyl (C=O) groups is 2. The highest BCUT2D eigenvalue weighted by Gasteiger charge is 2.25. The van der Waals surface area contributed by atoms with Crippen LogP contribution in [0.1, 0.15) is 56.3 Å². The number of anilines is 2. The van der Waals surface area contributed by atoms with Gasteiger partial charge in [0.25, 0.3) is 5.91 Å². The Bertz CT molecular complexity index is 678. The van der Waals surface area contributed by atoms with E-state index >= 15 is 0 Å². The van der Waals surface area contributed by atoms with Gasteiger partial charge in [0.2, 0.25) is 5.91 Å². The molecule has 1 aromatic carbocycles. The zero-order chi connectivity index (χ0) is 19.4. The molecule has 2 heterocycles. The summed E-state index contributed by atoms with van der Waals surface area (Å²) in [5.74, 6) is 0.539. The SMILES string of the molecule is CC1CCN(c2ccc(NC(=O)C(C)Cl)cc2C(=O)N2CCCCC2)CC1. The number of nitrogens with zero attached hydrogens (tertiary/aromatic N) is 2. The summed E-state index contributed by atoms with van der Waals surface area (Å²) in [4.78, 5) is 29.5. The van der Waals surface area contributed by atoms with E-state index < -0.39 is 5.38 Å². The van der Waals surface area contributed by atoms with Crippen LogP contribution in [-0.2, 0) is 4.79 Å². The number of halogens is 1. The average molecular weight is 392 g/mol. The third-order valence-electron chi connectivity index (χ3n) is 5.62. The number of nitrogens with one attached hydrogen (secondary N) is 1. The maximum atomic E-state index is 13.3. The predicted molar refractivity (Wildman–Crippen MR) is 111 cm³/mol. The molecular formula is C21H30ClN3O2. The lowest BCUT2D eigenvalue weighted by molar-refractivity contribution is -0.115. The van der Waals surface area contributed by atoms with E-state index in [1.54, 1.807) is 6.92 Å². The van der Waals surface area contributed by atoms with Crippen LogP contribution in [0.15, 0.2) is 18.2 Å². The van der Waals surface area contributed by atoms with Crippen LogP contribution in [0.5, 0.6) is 0 Å². The summed E-state index contributed by atoms with van der Waals surface area (Å²) in [6.45, 7) is 7.47. The molecule has 2 saturated heterocycles. The highest BCUT2D eigenvalue weighted by molar-refractivity contribution is 6.32. The Kier molecular flexibility index (Phi) is 6.64. The minimum atomic E-state index is -0.616. The van der Waals surface area contributed by atoms with Crippen molar-refractivity contribution in [3.05, 3.63) is 23.8 Å². The number of likely N-dealkylation sites (tertiary alicyclic amines) is 1. The van der Waals surface area contributed by atoms with Crippen molar-refractivity contribution in [3.63, 3.8) is 0 Å². The molecule has 148 valence electrons. The summed E-state index contributed by atoms with van der Waals surface area (Å²) in [7, 11) is 0. The fourth-order valence-electron chi connectivity index (χ4n) is 3.82. The van der Waals surface area contributed by atoms with Gasteiger partial charge in [0.15, 0.2) is 0 Å². The van der Waals surface area contributed by atoms with Crippen molar-refractivity contribution in [2.45, 2.75) is 51.3 Å². The summed E-state index contributed by atoms with van der Waals surface area (Å²) in [6.07, 6.45) is 5.58. The van der Waals surface area contributed by atoms with E-state index in [-0.39, 0.29) is 11.8 Å². The molecule has 3 rings (SSSR count). The van der Waals surface area contributed by atoms with Crippen molar-refractivity contribution in [1.29, 1.82) is 0 Å². The van der Waals surface area contributed by atoms with E-state index in [9.17, 15) is 9.59 Å². The van der Waals surface area contributed by atoms with Crippen LogP contribution in [0.4, 0.5) is 11.4 Å². The van der Waals surface area contributed by atoms with E-state index in [0.717, 1.165) is 63.5 Å². The minimum Gasteiger partial charge on any atom is -0.371 e. The highest BCUT2D eigenvalue weighted by Crippen LogP contribution is 2.30. The molecule has 5 nitrogen and oxygen atoms in total. The summed E-state index contributed by atoms with van der Waals surface area (Å²) >= 11 is 5.87. The van der Waals surface area contributed by atoms with Gasteiger partial charge in [-0.1, -0.05) is 6.92 Å². The van der Waals surface area contributed by atoms with Gasteiger partial charge < -0.3 is 15.1 Å². The molecule has 0 spiro atoms. The minimum absolute atomic E-state index is 0.0679. The van der Waals surface area contributed by atoms with Crippen LogP contribution in [0, 0.1) is 5.92 Å². The lowest BCUT2D eigenvalue weighted by Gasteiger charge is -2.35. The summed E-state index contributed by atoms with van der Waals surface area (Å²) in [6, 6.07) is 5.67. The number of rotatable bonds is 4. The number of amides is 2. The monoisotopic (exact) mass is 391 g/mol. The molecule has 27 heavy (non-hydrogen) atoms. The number of carbonyl (C=O) groups excluding carboxylic acids is 2. The normalized spacial score (nSPS) is 19.7. The number of hydrogen-bond acceptors (Lipinski definition) is 3. The lowest BCUT2D eigenvalue weighted by Crippen LogP contribution is -2.38. The van der Waals surface area contributed by atoms with Gasteiger partial charge >= 0.3 is 0 Å². The third-order valence-corrected chi connectivity index (χ3v) is 5.82. The smallest absolute Gasteiger partial charge is 0.256 e. The molecule has 2 amide bonds. The zero-order valence-electron chi connectivity index (χ0n) is 16.3. The second-order valence-corrected chi connectivity index (χ2v) is 8.51. The Hall–Kier alpha value is -1.75. The maximum Gasteiger partial charge on any atom is 0.256 e. The quantitative estimate of drug-likeness (QED) is 0.785. The van der Waals surface area contributed by atoms with Crippen molar-refractivity contribution in [3.8, 4) is 0 Å². The Morgan fingerprint density at radius 3 is 2.41 bits per heavy atom. The molecule has 0 aromatic heterocycles. The van der Waals surface area contributed by atoms with E-state index in [1.807, 2.05) is 23.1 Å². The molecule has 0 bridgehead atoms. The van der Waals surface area contributed by atoms with Gasteiger partial charge in [-0.2, -0.15) is 0 Å². The first-order valence-corrected chi connectivity index (χ1v) is 10.5. The first-order chi connectivity index (χ1) is 13.0. The molecule has 1 atom stereocenters. The van der Waals surface area contributed by atoms with Gasteiger partial charge in [-0.15, -0.1) is 11.6 Å². The molecule has 0 aliphatic carbocycles. The molecule has 1 unspecified atom stereocenters. The van der Waals surface area contributed by atoms with E-state index in [1.165, 1.54) is 6.42 Å². The van der Waals surface area contributed by atoms with Crippen molar-refractivity contribution in [1.82, 2.24) is 4.90 Å². The van der Waals surface area contributed by atoms with Crippen LogP contribution in [0.2, 0.25) is 0 Å². The summed E-state index contributed by atoms with van der Waals surface area (Å²) < 4.78 is 0. The molecule has 2 fully saturated rings. The van der Waals surface area contributed by atoms with Crippen LogP contribution in [0.25, 0.3) is 0 Å². The van der Waals surface area contributed by atoms with E-state index in [4.69, 9.17) is 11.6 Å². The van der Waals surface area contributed by atoms with Gasteiger partial charge in [0.1, 0.15) is 5.38 Å². The standard InChI is InChI=1S/C21H30ClN3O2/c1-15-8-12-24(13-9-15)19-7-6-17(23-20(26)16(2)22)14-18(19)21(27)25-10-4-3-5-11-25/h6-7,14-16H,3-5,8-13H2,1-2H3,(H,23,26). The number of alkyl halides is 1. The molecule has 0 saturated carbocycles. The van der Waals surface area contributed by atoms with Gasteiger partial charge in [0, 0.05) is 37.6 Å². The van der Waals surface area contributed by atoms with E-state index in [2.05, 4.69) is 17.1 Å². The largest absolute Gasteiger partial charge is 0.371 e. The Morgan fingerprint density at radius 2 is 1.78 bits per heavy atom. The average Bonchev–Trinajstić information content (AvgIpc) is 2.68. The van der Waals surface area contributed by atoms with E-state index in [0.29, 0.717) is 11.3 Å². The molecule has 6 heteroatoms. The zero-order valence-corrected chi connectivity index (χ0v) is 17.1. The van der Waals surface area contributed by atoms with Crippen molar-refractivity contribution < 1.29 is 9.59 Å². The predicted octanol–water partition coefficient (Wildman–Crippen LogP) is 4.11. The maximum absolute atomic E-state index is 13.3. The number of piperidine rings is 2. The Labute approximate surface area is 167 Å². The van der Waals surface area contributed by atoms with Crippen LogP contribution >= 0.6 is 11.6 Å². The fourth-order valence-corrected chi connectivity index (χ4v) is 3.87. The van der Waals surface area contributed by atoms with Crippen molar-refractivity contribution in [2.75, 3.05) is 36.4 Å². The molecule has 1 N–H and O–H groups in total. The van der Waals surface area contributed by atoms with Crippen LogP contribution in [-0.4, -0.2) is 48.3 Å². The first kappa shape index (κ1) is 20.0. The first-order valence-electron chi connectivity index (χ1n) is 10.1. The molecule has 2 aliphatic heterocycles. The van der Waals surface area contributed by atoms with Crippen molar-refractivity contribution in [2.24, 2.45) is 5.92 Å². The molecule has 2 aliphatic rings. The van der Waals surface area contributed by atoms with Crippen molar-refractivity contribution >= 4 is 34.8 Å². The highest BCUT2D eigenvalue weighted by atomic mass is 35.5. The van der Waals surface area contributed by atoms with Gasteiger partial charge in [-0.25, -0.2) is 0 Å². The topological polar surface area (TPSA) is 52.7 Å². The molecular weight excluding hydrogens is 362 g/mol.